The summed E-state index contributed by atoms with van der Waals surface area (Å²) in [4.78, 5) is 20.0. The molecule has 96 valence electrons. The molecule has 0 aliphatic carbocycles. The molecule has 3 rings (SSSR count). The first-order valence-electron chi connectivity index (χ1n) is 5.98. The molecule has 2 aromatic heterocycles. The van der Waals surface area contributed by atoms with Crippen LogP contribution in [0.15, 0.2) is 47.7 Å². The van der Waals surface area contributed by atoms with Gasteiger partial charge in [-0.25, -0.2) is 9.78 Å². The summed E-state index contributed by atoms with van der Waals surface area (Å²) in [6, 6.07) is 5.37. The molecule has 0 spiro atoms. The molecular weight excluding hydrogens is 242 g/mol. The van der Waals surface area contributed by atoms with Crippen molar-refractivity contribution in [1.29, 1.82) is 0 Å². The van der Waals surface area contributed by atoms with Crippen LogP contribution in [0.3, 0.4) is 0 Å². The first-order valence-corrected chi connectivity index (χ1v) is 5.98. The first-order chi connectivity index (χ1) is 9.07. The minimum atomic E-state index is -0.499. The number of nitrogens with zero attached hydrogens (tertiary/aromatic N) is 3. The van der Waals surface area contributed by atoms with Crippen LogP contribution in [0.2, 0.25) is 0 Å². The fraction of sp³-hybridized carbons (Fsp3) is 0.214. The molecule has 1 aliphatic rings. The lowest BCUT2D eigenvalue weighted by molar-refractivity contribution is 0.156. The van der Waals surface area contributed by atoms with Crippen molar-refractivity contribution in [2.24, 2.45) is 0 Å². The van der Waals surface area contributed by atoms with Gasteiger partial charge in [-0.15, -0.1) is 0 Å². The lowest BCUT2D eigenvalue weighted by Crippen LogP contribution is -2.33. The third-order valence-corrected chi connectivity index (χ3v) is 2.84. The second-order valence-corrected chi connectivity index (χ2v) is 4.86. The third kappa shape index (κ3) is 2.03. The molecule has 5 nitrogen and oxygen atoms in total. The quantitative estimate of drug-likeness (QED) is 0.778. The van der Waals surface area contributed by atoms with Gasteiger partial charge in [0.05, 0.1) is 5.70 Å². The molecule has 0 atom stereocenters. The molecule has 0 radical (unpaired) electrons. The van der Waals surface area contributed by atoms with E-state index in [4.69, 9.17) is 4.74 Å². The van der Waals surface area contributed by atoms with Crippen LogP contribution in [0.5, 0.6) is 5.75 Å². The summed E-state index contributed by atoms with van der Waals surface area (Å²) in [5.41, 5.74) is 0.519. The summed E-state index contributed by atoms with van der Waals surface area (Å²) in [6.07, 6.45) is 6.71. The van der Waals surface area contributed by atoms with E-state index in [-0.39, 0.29) is 5.69 Å². The Labute approximate surface area is 110 Å². The molecule has 3 heterocycles. The van der Waals surface area contributed by atoms with E-state index in [0.29, 0.717) is 17.1 Å². The average Bonchev–Trinajstić information content (AvgIpc) is 2.37. The zero-order valence-corrected chi connectivity index (χ0v) is 10.7. The van der Waals surface area contributed by atoms with Gasteiger partial charge in [0.1, 0.15) is 17.0 Å². The molecule has 0 fully saturated rings. The highest BCUT2D eigenvalue weighted by Crippen LogP contribution is 2.34. The molecule has 19 heavy (non-hydrogen) atoms. The number of ether oxygens (including phenoxy) is 1. The maximum atomic E-state index is 11.9. The Morgan fingerprint density at radius 2 is 2.00 bits per heavy atom. The van der Waals surface area contributed by atoms with Crippen LogP contribution in [0, 0.1) is 0 Å². The Morgan fingerprint density at radius 1 is 1.21 bits per heavy atom. The van der Waals surface area contributed by atoms with Gasteiger partial charge in [0.25, 0.3) is 0 Å². The van der Waals surface area contributed by atoms with Crippen LogP contribution >= 0.6 is 0 Å². The standard InChI is InChI=1S/C14H13N3O2/c1-14(2)9-10(17-8-4-7-16-13(17)18)12-11(19-14)5-3-6-15-12/h3-9H,1-2H3. The van der Waals surface area contributed by atoms with Gasteiger partial charge < -0.3 is 4.74 Å². The summed E-state index contributed by atoms with van der Waals surface area (Å²) in [7, 11) is 0. The number of hydrogen-bond acceptors (Lipinski definition) is 4. The maximum absolute atomic E-state index is 11.9. The molecule has 0 N–H and O–H groups in total. The SMILES string of the molecule is CC1(C)C=C(n2cccnc2=O)c2ncccc2O1. The van der Waals surface area contributed by atoms with Crippen molar-refractivity contribution in [1.82, 2.24) is 14.5 Å². The number of rotatable bonds is 1. The van der Waals surface area contributed by atoms with Gasteiger partial charge in [-0.3, -0.25) is 9.55 Å². The first kappa shape index (κ1) is 11.6. The van der Waals surface area contributed by atoms with E-state index in [1.54, 1.807) is 18.5 Å². The van der Waals surface area contributed by atoms with Crippen molar-refractivity contribution in [3.8, 4) is 5.75 Å². The van der Waals surface area contributed by atoms with Gasteiger partial charge >= 0.3 is 5.69 Å². The number of aromatic nitrogens is 3. The Morgan fingerprint density at radius 3 is 2.79 bits per heavy atom. The fourth-order valence-corrected chi connectivity index (χ4v) is 2.10. The summed E-state index contributed by atoms with van der Waals surface area (Å²) in [6.45, 7) is 3.87. The predicted octanol–water partition coefficient (Wildman–Crippen LogP) is 1.70. The van der Waals surface area contributed by atoms with Crippen LogP contribution in [0.25, 0.3) is 5.70 Å². The topological polar surface area (TPSA) is 57.0 Å². The highest BCUT2D eigenvalue weighted by Gasteiger charge is 2.28. The minimum absolute atomic E-state index is 0.331. The van der Waals surface area contributed by atoms with Crippen LogP contribution in [0.4, 0.5) is 0 Å². The number of fused-ring (bicyclic) bond motifs is 1. The van der Waals surface area contributed by atoms with E-state index in [1.165, 1.54) is 10.8 Å². The Bertz CT molecular complexity index is 716. The predicted molar refractivity (Wildman–Crippen MR) is 70.8 cm³/mol. The van der Waals surface area contributed by atoms with Gasteiger partial charge in [-0.1, -0.05) is 0 Å². The van der Waals surface area contributed by atoms with E-state index in [2.05, 4.69) is 9.97 Å². The monoisotopic (exact) mass is 255 g/mol. The molecule has 0 unspecified atom stereocenters. The van der Waals surface area contributed by atoms with Crippen molar-refractivity contribution >= 4 is 5.70 Å². The highest BCUT2D eigenvalue weighted by molar-refractivity contribution is 5.70. The van der Waals surface area contributed by atoms with Gasteiger partial charge in [0.2, 0.25) is 0 Å². The molecule has 0 amide bonds. The van der Waals surface area contributed by atoms with E-state index >= 15 is 0 Å². The molecule has 0 saturated carbocycles. The lowest BCUT2D eigenvalue weighted by atomic mass is 10.0. The molecule has 2 aromatic rings. The van der Waals surface area contributed by atoms with Gasteiger partial charge in [0.15, 0.2) is 0 Å². The average molecular weight is 255 g/mol. The van der Waals surface area contributed by atoms with E-state index < -0.39 is 5.60 Å². The molecule has 0 aromatic carbocycles. The zero-order chi connectivity index (χ0) is 13.5. The lowest BCUT2D eigenvalue weighted by Gasteiger charge is -2.30. The Hall–Kier alpha value is -2.43. The summed E-state index contributed by atoms with van der Waals surface area (Å²) >= 11 is 0. The van der Waals surface area contributed by atoms with Gasteiger partial charge in [0, 0.05) is 18.6 Å². The zero-order valence-electron chi connectivity index (χ0n) is 10.7. The summed E-state index contributed by atoms with van der Waals surface area (Å²) in [5, 5.41) is 0. The smallest absolute Gasteiger partial charge is 0.352 e. The van der Waals surface area contributed by atoms with Crippen LogP contribution in [-0.4, -0.2) is 20.1 Å². The number of hydrogen-bond donors (Lipinski definition) is 0. The van der Waals surface area contributed by atoms with Crippen molar-refractivity contribution in [3.05, 3.63) is 59.0 Å². The summed E-state index contributed by atoms with van der Waals surface area (Å²) < 4.78 is 7.32. The molecular formula is C14H13N3O2. The van der Waals surface area contributed by atoms with Crippen molar-refractivity contribution in [3.63, 3.8) is 0 Å². The third-order valence-electron chi connectivity index (χ3n) is 2.84. The highest BCUT2D eigenvalue weighted by atomic mass is 16.5. The van der Waals surface area contributed by atoms with Gasteiger partial charge in [-0.2, -0.15) is 0 Å². The maximum Gasteiger partial charge on any atom is 0.352 e. The van der Waals surface area contributed by atoms with E-state index in [0.717, 1.165) is 0 Å². The van der Waals surface area contributed by atoms with E-state index in [1.807, 2.05) is 32.1 Å². The Balaban J connectivity index is 2.27. The van der Waals surface area contributed by atoms with E-state index in [9.17, 15) is 4.79 Å². The second kappa shape index (κ2) is 4.05. The molecule has 5 heteroatoms. The molecule has 0 saturated heterocycles. The Kier molecular flexibility index (Phi) is 2.48. The number of pyridine rings is 1. The molecule has 1 aliphatic heterocycles. The van der Waals surface area contributed by atoms with Crippen molar-refractivity contribution in [2.45, 2.75) is 19.4 Å². The molecule has 0 bridgehead atoms. The summed E-state index contributed by atoms with van der Waals surface area (Å²) in [5.74, 6) is 0.667. The largest absolute Gasteiger partial charge is 0.481 e. The fourth-order valence-electron chi connectivity index (χ4n) is 2.10. The van der Waals surface area contributed by atoms with Crippen LogP contribution in [0.1, 0.15) is 19.5 Å². The van der Waals surface area contributed by atoms with Crippen molar-refractivity contribution < 1.29 is 4.74 Å². The van der Waals surface area contributed by atoms with Crippen molar-refractivity contribution in [2.75, 3.05) is 0 Å². The minimum Gasteiger partial charge on any atom is -0.481 e. The van der Waals surface area contributed by atoms with Gasteiger partial charge in [-0.05, 0) is 38.1 Å². The van der Waals surface area contributed by atoms with Crippen LogP contribution < -0.4 is 10.4 Å². The normalized spacial score (nSPS) is 16.2. The van der Waals surface area contributed by atoms with Crippen LogP contribution in [-0.2, 0) is 0 Å². The second-order valence-electron chi connectivity index (χ2n) is 4.86.